The zero-order valence-electron chi connectivity index (χ0n) is 13.5. The minimum atomic E-state index is -0.528. The third-order valence-electron chi connectivity index (χ3n) is 4.40. The van der Waals surface area contributed by atoms with Crippen LogP contribution in [0.1, 0.15) is 18.4 Å². The Hall–Kier alpha value is -1.89. The van der Waals surface area contributed by atoms with Gasteiger partial charge in [0, 0.05) is 26.0 Å². The number of nitrogens with zero attached hydrogens (tertiary/aromatic N) is 2. The molecule has 1 aliphatic heterocycles. The van der Waals surface area contributed by atoms with E-state index in [4.69, 9.17) is 10.5 Å². The Morgan fingerprint density at radius 3 is 2.67 bits per heavy atom. The van der Waals surface area contributed by atoms with E-state index in [0.29, 0.717) is 44.8 Å². The van der Waals surface area contributed by atoms with Crippen LogP contribution < -0.4 is 11.1 Å². The van der Waals surface area contributed by atoms with Gasteiger partial charge in [0.2, 0.25) is 5.91 Å². The van der Waals surface area contributed by atoms with Crippen molar-refractivity contribution in [2.24, 2.45) is 11.1 Å². The number of rotatable bonds is 5. The minimum Gasteiger partial charge on any atom is -0.381 e. The molecule has 3 rings (SSSR count). The summed E-state index contributed by atoms with van der Waals surface area (Å²) >= 11 is 0. The molecule has 6 nitrogen and oxygen atoms in total. The van der Waals surface area contributed by atoms with E-state index >= 15 is 0 Å². The van der Waals surface area contributed by atoms with Crippen LogP contribution in [0.2, 0.25) is 0 Å². The van der Waals surface area contributed by atoms with Gasteiger partial charge in [-0.15, -0.1) is 12.4 Å². The van der Waals surface area contributed by atoms with Gasteiger partial charge in [0.15, 0.2) is 0 Å². The van der Waals surface area contributed by atoms with Crippen LogP contribution in [0.4, 0.5) is 5.69 Å². The second-order valence-corrected chi connectivity index (χ2v) is 5.96. The summed E-state index contributed by atoms with van der Waals surface area (Å²) in [5.74, 6) is -0.0393. The van der Waals surface area contributed by atoms with Crippen LogP contribution >= 0.6 is 12.4 Å². The smallest absolute Gasteiger partial charge is 0.232 e. The monoisotopic (exact) mass is 350 g/mol. The highest BCUT2D eigenvalue weighted by molar-refractivity contribution is 5.95. The molecule has 7 heteroatoms. The average molecular weight is 351 g/mol. The number of hydrogen-bond acceptors (Lipinski definition) is 4. The molecule has 1 aliphatic rings. The summed E-state index contributed by atoms with van der Waals surface area (Å²) < 4.78 is 7.16. The topological polar surface area (TPSA) is 82.2 Å². The van der Waals surface area contributed by atoms with Gasteiger partial charge in [0.25, 0.3) is 0 Å². The van der Waals surface area contributed by atoms with E-state index < -0.39 is 5.41 Å². The number of carbonyl (C=O) groups excluding carboxylic acids is 1. The number of halogens is 1. The van der Waals surface area contributed by atoms with Crippen LogP contribution in [-0.4, -0.2) is 35.4 Å². The molecule has 0 atom stereocenters. The summed E-state index contributed by atoms with van der Waals surface area (Å²) in [5.41, 5.74) is 7.20. The van der Waals surface area contributed by atoms with E-state index in [1.165, 1.54) is 0 Å². The fourth-order valence-electron chi connectivity index (χ4n) is 2.83. The zero-order chi connectivity index (χ0) is 16.1. The first-order chi connectivity index (χ1) is 11.2. The van der Waals surface area contributed by atoms with Gasteiger partial charge in [-0.2, -0.15) is 5.10 Å². The summed E-state index contributed by atoms with van der Waals surface area (Å²) in [6.45, 7) is 2.17. The van der Waals surface area contributed by atoms with E-state index in [2.05, 4.69) is 10.4 Å². The van der Waals surface area contributed by atoms with Crippen molar-refractivity contribution < 1.29 is 9.53 Å². The molecule has 0 aliphatic carbocycles. The second kappa shape index (κ2) is 8.28. The number of aromatic nitrogens is 2. The number of ether oxygens (including phenoxy) is 1. The van der Waals surface area contributed by atoms with Crippen molar-refractivity contribution in [2.45, 2.75) is 19.4 Å². The first-order valence-corrected chi connectivity index (χ1v) is 7.87. The molecule has 0 spiro atoms. The second-order valence-electron chi connectivity index (χ2n) is 5.96. The van der Waals surface area contributed by atoms with Crippen molar-refractivity contribution in [3.8, 4) is 0 Å². The fraction of sp³-hybridized carbons (Fsp3) is 0.412. The Labute approximate surface area is 147 Å². The molecule has 0 saturated carbocycles. The number of carbonyl (C=O) groups is 1. The largest absolute Gasteiger partial charge is 0.381 e. The summed E-state index contributed by atoms with van der Waals surface area (Å²) in [6.07, 6.45) is 4.83. The molecule has 1 aromatic carbocycles. The van der Waals surface area contributed by atoms with Crippen molar-refractivity contribution in [2.75, 3.05) is 25.1 Å². The Bertz CT molecular complexity index is 654. The van der Waals surface area contributed by atoms with Gasteiger partial charge in [0.1, 0.15) is 0 Å². The van der Waals surface area contributed by atoms with E-state index in [1.54, 1.807) is 6.20 Å². The van der Waals surface area contributed by atoms with Crippen LogP contribution in [0, 0.1) is 5.41 Å². The van der Waals surface area contributed by atoms with E-state index in [9.17, 15) is 4.79 Å². The predicted octanol–water partition coefficient (Wildman–Crippen LogP) is 2.05. The Morgan fingerprint density at radius 1 is 1.29 bits per heavy atom. The number of amides is 1. The molecule has 0 radical (unpaired) electrons. The van der Waals surface area contributed by atoms with Crippen LogP contribution in [-0.2, 0) is 16.1 Å². The molecular formula is C17H23ClN4O2. The first-order valence-electron chi connectivity index (χ1n) is 7.87. The lowest BCUT2D eigenvalue weighted by atomic mass is 9.79. The average Bonchev–Trinajstić information content (AvgIpc) is 3.03. The lowest BCUT2D eigenvalue weighted by Gasteiger charge is -2.34. The molecule has 0 bridgehead atoms. The molecule has 24 heavy (non-hydrogen) atoms. The molecular weight excluding hydrogens is 328 g/mol. The number of nitrogens with one attached hydrogen (secondary N) is 1. The normalized spacial score (nSPS) is 16.2. The molecule has 0 unspecified atom stereocenters. The quantitative estimate of drug-likeness (QED) is 0.864. The van der Waals surface area contributed by atoms with Gasteiger partial charge in [-0.1, -0.05) is 30.3 Å². The minimum absolute atomic E-state index is 0. The number of nitrogens with two attached hydrogens (primary N) is 1. The van der Waals surface area contributed by atoms with Gasteiger partial charge in [0.05, 0.1) is 23.8 Å². The summed E-state index contributed by atoms with van der Waals surface area (Å²) in [6, 6.07) is 10.1. The highest BCUT2D eigenvalue weighted by Gasteiger charge is 2.38. The van der Waals surface area contributed by atoms with Gasteiger partial charge in [-0.3, -0.25) is 9.48 Å². The standard InChI is InChI=1S/C17H22N4O2.ClH/c18-13-17(6-8-23-9-7-17)16(22)20-15-10-19-21(12-15)11-14-4-2-1-3-5-14;/h1-5,10,12H,6-9,11,13,18H2,(H,20,22);1H. The molecule has 130 valence electrons. The van der Waals surface area contributed by atoms with Crippen LogP contribution in [0.3, 0.4) is 0 Å². The van der Waals surface area contributed by atoms with Gasteiger partial charge >= 0.3 is 0 Å². The molecule has 3 N–H and O–H groups in total. The summed E-state index contributed by atoms with van der Waals surface area (Å²) in [7, 11) is 0. The number of benzene rings is 1. The molecule has 2 heterocycles. The Balaban J connectivity index is 0.00000208. The van der Waals surface area contributed by atoms with Crippen LogP contribution in [0.5, 0.6) is 0 Å². The highest BCUT2D eigenvalue weighted by Crippen LogP contribution is 2.30. The SMILES string of the molecule is Cl.NCC1(C(=O)Nc2cnn(Cc3ccccc3)c2)CCOCC1. The van der Waals surface area contributed by atoms with E-state index in [0.717, 1.165) is 5.56 Å². The third kappa shape index (κ3) is 4.14. The lowest BCUT2D eigenvalue weighted by Crippen LogP contribution is -2.46. The van der Waals surface area contributed by atoms with Crippen molar-refractivity contribution in [3.63, 3.8) is 0 Å². The lowest BCUT2D eigenvalue weighted by molar-refractivity contribution is -0.130. The first kappa shape index (κ1) is 18.4. The van der Waals surface area contributed by atoms with E-state index in [1.807, 2.05) is 41.2 Å². The van der Waals surface area contributed by atoms with Gasteiger partial charge in [-0.25, -0.2) is 0 Å². The van der Waals surface area contributed by atoms with Crippen LogP contribution in [0.25, 0.3) is 0 Å². The van der Waals surface area contributed by atoms with Gasteiger partial charge < -0.3 is 15.8 Å². The molecule has 1 aromatic heterocycles. The third-order valence-corrected chi connectivity index (χ3v) is 4.40. The molecule has 1 amide bonds. The summed E-state index contributed by atoms with van der Waals surface area (Å²) in [5, 5.41) is 7.26. The highest BCUT2D eigenvalue weighted by atomic mass is 35.5. The molecule has 2 aromatic rings. The maximum Gasteiger partial charge on any atom is 0.232 e. The summed E-state index contributed by atoms with van der Waals surface area (Å²) in [4.78, 5) is 12.6. The van der Waals surface area contributed by atoms with Crippen molar-refractivity contribution in [1.82, 2.24) is 9.78 Å². The number of anilines is 1. The van der Waals surface area contributed by atoms with E-state index in [-0.39, 0.29) is 18.3 Å². The maximum atomic E-state index is 12.6. The molecule has 1 fully saturated rings. The predicted molar refractivity (Wildman–Crippen MR) is 95.2 cm³/mol. The Kier molecular flexibility index (Phi) is 6.36. The van der Waals surface area contributed by atoms with Gasteiger partial charge in [-0.05, 0) is 18.4 Å². The zero-order valence-corrected chi connectivity index (χ0v) is 14.3. The van der Waals surface area contributed by atoms with Crippen molar-refractivity contribution in [3.05, 3.63) is 48.3 Å². The van der Waals surface area contributed by atoms with Crippen LogP contribution in [0.15, 0.2) is 42.7 Å². The van der Waals surface area contributed by atoms with Crippen molar-refractivity contribution >= 4 is 24.0 Å². The molecule has 1 saturated heterocycles. The maximum absolute atomic E-state index is 12.6. The number of hydrogen-bond donors (Lipinski definition) is 2. The Morgan fingerprint density at radius 2 is 2.00 bits per heavy atom. The fourth-order valence-corrected chi connectivity index (χ4v) is 2.83. The van der Waals surface area contributed by atoms with Crippen molar-refractivity contribution in [1.29, 1.82) is 0 Å².